The lowest BCUT2D eigenvalue weighted by molar-refractivity contribution is -0.142. The van der Waals surface area contributed by atoms with Crippen LogP contribution in [0.4, 0.5) is 9.18 Å². The van der Waals surface area contributed by atoms with Crippen LogP contribution in [0.2, 0.25) is 0 Å². The maximum absolute atomic E-state index is 13.2. The van der Waals surface area contributed by atoms with Gasteiger partial charge in [0.1, 0.15) is 5.82 Å². The number of carbonyl (C=O) groups is 2. The quantitative estimate of drug-likeness (QED) is 0.804. The number of urea groups is 1. The Kier molecular flexibility index (Phi) is 6.69. The van der Waals surface area contributed by atoms with E-state index in [1.807, 2.05) is 4.90 Å². The predicted molar refractivity (Wildman–Crippen MR) is 101 cm³/mol. The third-order valence-corrected chi connectivity index (χ3v) is 5.95. The number of amides is 2. The summed E-state index contributed by atoms with van der Waals surface area (Å²) in [6, 6.07) is 6.49. The van der Waals surface area contributed by atoms with E-state index in [0.29, 0.717) is 32.2 Å². The molecule has 1 aromatic rings. The molecule has 0 heterocycles. The molecule has 0 radical (unpaired) electrons. The van der Waals surface area contributed by atoms with Crippen molar-refractivity contribution < 1.29 is 19.1 Å². The molecule has 0 unspecified atom stereocenters. The Morgan fingerprint density at radius 2 is 1.63 bits per heavy atom. The molecule has 0 aromatic heterocycles. The van der Waals surface area contributed by atoms with Crippen LogP contribution < -0.4 is 5.32 Å². The van der Waals surface area contributed by atoms with Gasteiger partial charge in [0, 0.05) is 18.6 Å². The van der Waals surface area contributed by atoms with Gasteiger partial charge in [-0.3, -0.25) is 4.79 Å². The molecule has 0 aliphatic heterocycles. The van der Waals surface area contributed by atoms with Crippen molar-refractivity contribution in [3.8, 4) is 0 Å². The number of nitrogens with one attached hydrogen (secondary N) is 1. The molecule has 2 aliphatic carbocycles. The standard InChI is InChI=1S/C21H29FN2O3/c22-17-10-6-15(7-11-17)14-24(19-4-2-1-3-5-19)21(27)23-18-12-8-16(9-13-18)20(25)26/h6-7,10-11,16,18-19H,1-5,8-9,12-14H2,(H,23,27)(H,25,26). The highest BCUT2D eigenvalue weighted by Crippen LogP contribution is 2.27. The summed E-state index contributed by atoms with van der Waals surface area (Å²) in [7, 11) is 0. The van der Waals surface area contributed by atoms with Gasteiger partial charge in [-0.25, -0.2) is 9.18 Å². The van der Waals surface area contributed by atoms with Gasteiger partial charge < -0.3 is 15.3 Å². The first-order valence-corrected chi connectivity index (χ1v) is 10.1. The van der Waals surface area contributed by atoms with E-state index in [9.17, 15) is 14.0 Å². The van der Waals surface area contributed by atoms with Gasteiger partial charge in [-0.05, 0) is 56.2 Å². The highest BCUT2D eigenvalue weighted by molar-refractivity contribution is 5.75. The van der Waals surface area contributed by atoms with Crippen molar-refractivity contribution in [3.05, 3.63) is 35.6 Å². The molecule has 3 rings (SSSR count). The second-order valence-electron chi connectivity index (χ2n) is 7.88. The molecule has 148 valence electrons. The van der Waals surface area contributed by atoms with Crippen molar-refractivity contribution >= 4 is 12.0 Å². The summed E-state index contributed by atoms with van der Waals surface area (Å²) < 4.78 is 13.2. The van der Waals surface area contributed by atoms with E-state index in [-0.39, 0.29) is 29.8 Å². The zero-order chi connectivity index (χ0) is 19.2. The van der Waals surface area contributed by atoms with Crippen LogP contribution in [0.25, 0.3) is 0 Å². The van der Waals surface area contributed by atoms with Crippen molar-refractivity contribution in [3.63, 3.8) is 0 Å². The summed E-state index contributed by atoms with van der Waals surface area (Å²) in [5, 5.41) is 12.3. The second kappa shape index (κ2) is 9.20. The first-order chi connectivity index (χ1) is 13.0. The van der Waals surface area contributed by atoms with E-state index in [2.05, 4.69) is 5.32 Å². The van der Waals surface area contributed by atoms with Gasteiger partial charge >= 0.3 is 12.0 Å². The fourth-order valence-corrected chi connectivity index (χ4v) is 4.29. The van der Waals surface area contributed by atoms with Gasteiger partial charge in [0.2, 0.25) is 0 Å². The number of carboxylic acid groups (broad SMARTS) is 1. The molecule has 1 aromatic carbocycles. The van der Waals surface area contributed by atoms with E-state index in [0.717, 1.165) is 31.2 Å². The summed E-state index contributed by atoms with van der Waals surface area (Å²) in [4.78, 5) is 26.0. The smallest absolute Gasteiger partial charge is 0.318 e. The molecule has 5 nitrogen and oxygen atoms in total. The second-order valence-corrected chi connectivity index (χ2v) is 7.88. The van der Waals surface area contributed by atoms with E-state index in [1.165, 1.54) is 18.6 Å². The fourth-order valence-electron chi connectivity index (χ4n) is 4.29. The summed E-state index contributed by atoms with van der Waals surface area (Å²) in [5.74, 6) is -1.30. The van der Waals surface area contributed by atoms with E-state index < -0.39 is 5.97 Å². The number of carboxylic acids is 1. The van der Waals surface area contributed by atoms with Crippen molar-refractivity contribution in [2.75, 3.05) is 0 Å². The van der Waals surface area contributed by atoms with Crippen molar-refractivity contribution in [1.82, 2.24) is 10.2 Å². The SMILES string of the molecule is O=C(O)C1CCC(NC(=O)N(Cc2ccc(F)cc2)C2CCCCC2)CC1. The number of benzene rings is 1. The summed E-state index contributed by atoms with van der Waals surface area (Å²) in [6.07, 6.45) is 8.10. The summed E-state index contributed by atoms with van der Waals surface area (Å²) in [6.45, 7) is 0.473. The largest absolute Gasteiger partial charge is 0.481 e. The highest BCUT2D eigenvalue weighted by atomic mass is 19.1. The average molecular weight is 376 g/mol. The van der Waals surface area contributed by atoms with Crippen LogP contribution >= 0.6 is 0 Å². The lowest BCUT2D eigenvalue weighted by Crippen LogP contribution is -2.50. The Morgan fingerprint density at radius 1 is 1.00 bits per heavy atom. The van der Waals surface area contributed by atoms with Crippen LogP contribution in [0.5, 0.6) is 0 Å². The molecule has 2 fully saturated rings. The van der Waals surface area contributed by atoms with E-state index in [1.54, 1.807) is 12.1 Å². The first kappa shape index (κ1) is 19.6. The molecule has 0 saturated heterocycles. The Labute approximate surface area is 159 Å². The molecule has 2 saturated carbocycles. The Bertz CT molecular complexity index is 635. The summed E-state index contributed by atoms with van der Waals surface area (Å²) in [5.41, 5.74) is 0.923. The minimum absolute atomic E-state index is 0.0346. The number of aliphatic carboxylic acids is 1. The molecule has 2 aliphatic rings. The third-order valence-electron chi connectivity index (χ3n) is 5.95. The zero-order valence-corrected chi connectivity index (χ0v) is 15.7. The molecule has 0 atom stereocenters. The molecule has 27 heavy (non-hydrogen) atoms. The van der Waals surface area contributed by atoms with Gasteiger partial charge in [0.05, 0.1) is 5.92 Å². The van der Waals surface area contributed by atoms with Gasteiger partial charge in [0.25, 0.3) is 0 Å². The lowest BCUT2D eigenvalue weighted by Gasteiger charge is -2.36. The number of nitrogens with zero attached hydrogens (tertiary/aromatic N) is 1. The maximum Gasteiger partial charge on any atom is 0.318 e. The molecular formula is C21H29FN2O3. The van der Waals surface area contributed by atoms with Crippen LogP contribution in [-0.4, -0.2) is 34.1 Å². The van der Waals surface area contributed by atoms with Crippen LogP contribution in [0.3, 0.4) is 0 Å². The first-order valence-electron chi connectivity index (χ1n) is 10.1. The maximum atomic E-state index is 13.2. The molecule has 2 amide bonds. The minimum Gasteiger partial charge on any atom is -0.481 e. The predicted octanol–water partition coefficient (Wildman–Crippen LogP) is 4.31. The average Bonchev–Trinajstić information content (AvgIpc) is 2.68. The van der Waals surface area contributed by atoms with Crippen molar-refractivity contribution in [1.29, 1.82) is 0 Å². The lowest BCUT2D eigenvalue weighted by atomic mass is 9.86. The van der Waals surface area contributed by atoms with E-state index >= 15 is 0 Å². The van der Waals surface area contributed by atoms with Crippen LogP contribution in [0.15, 0.2) is 24.3 Å². The van der Waals surface area contributed by atoms with Crippen molar-refractivity contribution in [2.45, 2.75) is 76.4 Å². The zero-order valence-electron chi connectivity index (χ0n) is 15.7. The van der Waals surface area contributed by atoms with Crippen molar-refractivity contribution in [2.24, 2.45) is 5.92 Å². The Balaban J connectivity index is 1.63. The molecular weight excluding hydrogens is 347 g/mol. The van der Waals surface area contributed by atoms with E-state index in [4.69, 9.17) is 5.11 Å². The fraction of sp³-hybridized carbons (Fsp3) is 0.619. The number of carbonyl (C=O) groups excluding carboxylic acids is 1. The number of hydrogen-bond donors (Lipinski definition) is 2. The number of halogens is 1. The van der Waals surface area contributed by atoms with Crippen LogP contribution in [0, 0.1) is 11.7 Å². The Morgan fingerprint density at radius 3 is 2.22 bits per heavy atom. The molecule has 0 bridgehead atoms. The van der Waals surface area contributed by atoms with Gasteiger partial charge in [-0.1, -0.05) is 31.4 Å². The normalized spacial score (nSPS) is 23.6. The minimum atomic E-state index is -0.736. The van der Waals surface area contributed by atoms with Gasteiger partial charge in [-0.2, -0.15) is 0 Å². The Hall–Kier alpha value is -2.11. The molecule has 2 N–H and O–H groups in total. The van der Waals surface area contributed by atoms with Gasteiger partial charge in [-0.15, -0.1) is 0 Å². The summed E-state index contributed by atoms with van der Waals surface area (Å²) >= 11 is 0. The van der Waals surface area contributed by atoms with Gasteiger partial charge in [0.15, 0.2) is 0 Å². The van der Waals surface area contributed by atoms with Crippen LogP contribution in [0.1, 0.15) is 63.4 Å². The van der Waals surface area contributed by atoms with Crippen LogP contribution in [-0.2, 0) is 11.3 Å². The number of hydrogen-bond acceptors (Lipinski definition) is 2. The number of rotatable bonds is 5. The molecule has 6 heteroatoms. The monoisotopic (exact) mass is 376 g/mol. The topological polar surface area (TPSA) is 69.6 Å². The third kappa shape index (κ3) is 5.44. The molecule has 0 spiro atoms. The highest BCUT2D eigenvalue weighted by Gasteiger charge is 2.30.